The molecule has 0 aliphatic heterocycles. The average Bonchev–Trinajstić information content (AvgIpc) is 2.79. The largest absolute Gasteiger partial charge is 0.497 e. The maximum absolute atomic E-state index is 13.7. The number of hydrogen-bond acceptors (Lipinski definition) is 6. The lowest BCUT2D eigenvalue weighted by molar-refractivity contribution is -0.139. The molecule has 9 nitrogen and oxygen atoms in total. The molecule has 2 atom stereocenters. The van der Waals surface area contributed by atoms with E-state index >= 15 is 0 Å². The Morgan fingerprint density at radius 2 is 1.64 bits per heavy atom. The Balaban J connectivity index is 2.46. The molecule has 0 fully saturated rings. The molecule has 0 spiro atoms. The van der Waals surface area contributed by atoms with Gasteiger partial charge in [-0.2, -0.15) is 5.26 Å². The third-order valence-corrected chi connectivity index (χ3v) is 5.36. The van der Waals surface area contributed by atoms with Gasteiger partial charge in [-0.15, -0.1) is 0 Å². The van der Waals surface area contributed by atoms with Crippen molar-refractivity contribution in [3.05, 3.63) is 59.2 Å². The van der Waals surface area contributed by atoms with Crippen LogP contribution in [-0.2, 0) is 14.3 Å². The zero-order valence-electron chi connectivity index (χ0n) is 21.8. The van der Waals surface area contributed by atoms with Crippen molar-refractivity contribution in [3.63, 3.8) is 0 Å². The highest BCUT2D eigenvalue weighted by Crippen LogP contribution is 2.30. The van der Waals surface area contributed by atoms with Gasteiger partial charge in [-0.1, -0.05) is 18.2 Å². The highest BCUT2D eigenvalue weighted by atomic mass is 16.6. The number of nitrogens with one attached hydrogen (secondary N) is 2. The number of nitrogens with zero attached hydrogens (tertiary/aromatic N) is 2. The van der Waals surface area contributed by atoms with Crippen LogP contribution in [0.2, 0.25) is 0 Å². The summed E-state index contributed by atoms with van der Waals surface area (Å²) < 4.78 is 10.4. The van der Waals surface area contributed by atoms with Crippen molar-refractivity contribution in [3.8, 4) is 11.8 Å². The number of ether oxygens (including phenoxy) is 2. The number of carbonyl (C=O) groups is 3. The van der Waals surface area contributed by atoms with Gasteiger partial charge < -0.3 is 25.0 Å². The van der Waals surface area contributed by atoms with E-state index in [2.05, 4.69) is 10.6 Å². The second-order valence-electron chi connectivity index (χ2n) is 9.42. The Labute approximate surface area is 212 Å². The minimum absolute atomic E-state index is 0.367. The van der Waals surface area contributed by atoms with E-state index in [1.54, 1.807) is 52.1 Å². The Bertz CT molecular complexity index is 1110. The zero-order chi connectivity index (χ0) is 27.0. The van der Waals surface area contributed by atoms with E-state index in [0.717, 1.165) is 11.1 Å². The van der Waals surface area contributed by atoms with Gasteiger partial charge in [0.1, 0.15) is 30.0 Å². The first-order valence-corrected chi connectivity index (χ1v) is 11.6. The Kier molecular flexibility index (Phi) is 9.45. The van der Waals surface area contributed by atoms with Crippen molar-refractivity contribution in [2.75, 3.05) is 19.0 Å². The van der Waals surface area contributed by atoms with Crippen LogP contribution in [0.5, 0.6) is 5.75 Å². The molecule has 0 aliphatic carbocycles. The molecular formula is C27H34N4O5. The predicted octanol–water partition coefficient (Wildman–Crippen LogP) is 4.26. The first-order chi connectivity index (χ1) is 16.9. The summed E-state index contributed by atoms with van der Waals surface area (Å²) >= 11 is 0. The SMILES string of the molecule is COc1ccc(NC(=O)C(c2c(C)cccc2C)N(CC#N)C(=O)C(C)NC(=O)OC(C)(C)C)cc1. The maximum atomic E-state index is 13.7. The molecule has 2 aromatic rings. The van der Waals surface area contributed by atoms with Gasteiger partial charge in [-0.05, 0) is 82.5 Å². The van der Waals surface area contributed by atoms with E-state index in [0.29, 0.717) is 17.0 Å². The number of amides is 3. The van der Waals surface area contributed by atoms with Gasteiger partial charge in [0.25, 0.3) is 5.91 Å². The number of alkyl carbamates (subject to hydrolysis) is 1. The van der Waals surface area contributed by atoms with Gasteiger partial charge in [0.15, 0.2) is 0 Å². The van der Waals surface area contributed by atoms with Crippen LogP contribution in [-0.4, -0.2) is 48.1 Å². The van der Waals surface area contributed by atoms with Crippen LogP contribution in [0.15, 0.2) is 42.5 Å². The van der Waals surface area contributed by atoms with E-state index < -0.39 is 35.6 Å². The fourth-order valence-corrected chi connectivity index (χ4v) is 3.74. The van der Waals surface area contributed by atoms with Gasteiger partial charge in [0, 0.05) is 5.69 Å². The second-order valence-corrected chi connectivity index (χ2v) is 9.42. The lowest BCUT2D eigenvalue weighted by Gasteiger charge is -2.33. The number of rotatable bonds is 8. The summed E-state index contributed by atoms with van der Waals surface area (Å²) in [5, 5.41) is 14.9. The molecule has 2 unspecified atom stereocenters. The number of hydrogen-bond donors (Lipinski definition) is 2. The fraction of sp³-hybridized carbons (Fsp3) is 0.407. The quantitative estimate of drug-likeness (QED) is 0.529. The first-order valence-electron chi connectivity index (χ1n) is 11.6. The molecule has 0 heterocycles. The predicted molar refractivity (Wildman–Crippen MR) is 136 cm³/mol. The lowest BCUT2D eigenvalue weighted by atomic mass is 9.93. The number of carbonyl (C=O) groups excluding carboxylic acids is 3. The van der Waals surface area contributed by atoms with Crippen molar-refractivity contribution in [1.82, 2.24) is 10.2 Å². The summed E-state index contributed by atoms with van der Waals surface area (Å²) in [6, 6.07) is 12.1. The van der Waals surface area contributed by atoms with Gasteiger partial charge >= 0.3 is 6.09 Å². The van der Waals surface area contributed by atoms with Crippen LogP contribution in [0.1, 0.15) is 50.4 Å². The summed E-state index contributed by atoms with van der Waals surface area (Å²) in [6.45, 7) is 9.93. The molecule has 0 aliphatic rings. The van der Waals surface area contributed by atoms with Gasteiger partial charge in [-0.25, -0.2) is 4.79 Å². The number of nitriles is 1. The lowest BCUT2D eigenvalue weighted by Crippen LogP contribution is -2.51. The van der Waals surface area contributed by atoms with E-state index in [9.17, 15) is 19.6 Å². The Morgan fingerprint density at radius 1 is 1.06 bits per heavy atom. The maximum Gasteiger partial charge on any atom is 0.408 e. The smallest absolute Gasteiger partial charge is 0.408 e. The van der Waals surface area contributed by atoms with E-state index in [4.69, 9.17) is 9.47 Å². The first kappa shape index (κ1) is 28.2. The second kappa shape index (κ2) is 12.1. The van der Waals surface area contributed by atoms with Crippen LogP contribution in [0.4, 0.5) is 10.5 Å². The van der Waals surface area contributed by atoms with Crippen LogP contribution < -0.4 is 15.4 Å². The van der Waals surface area contributed by atoms with Crippen molar-refractivity contribution in [2.24, 2.45) is 0 Å². The summed E-state index contributed by atoms with van der Waals surface area (Å²) in [4.78, 5) is 40.6. The van der Waals surface area contributed by atoms with Crippen molar-refractivity contribution in [1.29, 1.82) is 5.26 Å². The molecule has 9 heteroatoms. The molecule has 192 valence electrons. The standard InChI is InChI=1S/C27H34N4O5/c1-17-9-8-10-18(2)22(17)23(24(32)30-20-11-13-21(35-7)14-12-20)31(16-15-28)25(33)19(3)29-26(34)36-27(4,5)6/h8-14,19,23H,16H2,1-7H3,(H,29,34)(H,30,32). The minimum Gasteiger partial charge on any atom is -0.497 e. The molecular weight excluding hydrogens is 460 g/mol. The van der Waals surface area contributed by atoms with E-state index in [-0.39, 0.29) is 6.54 Å². The molecule has 0 saturated heterocycles. The molecule has 2 rings (SSSR count). The van der Waals surface area contributed by atoms with E-state index in [1.165, 1.54) is 11.8 Å². The van der Waals surface area contributed by atoms with Crippen LogP contribution in [0, 0.1) is 25.2 Å². The van der Waals surface area contributed by atoms with Gasteiger partial charge in [0.05, 0.1) is 13.2 Å². The summed E-state index contributed by atoms with van der Waals surface area (Å²) in [5.41, 5.74) is 1.93. The number of anilines is 1. The minimum atomic E-state index is -1.12. The number of methoxy groups -OCH3 is 1. The molecule has 0 aromatic heterocycles. The average molecular weight is 495 g/mol. The normalized spacial score (nSPS) is 12.5. The molecule has 0 bridgehead atoms. The molecule has 0 saturated carbocycles. The fourth-order valence-electron chi connectivity index (χ4n) is 3.74. The van der Waals surface area contributed by atoms with E-state index in [1.807, 2.05) is 38.1 Å². The van der Waals surface area contributed by atoms with Crippen molar-refractivity contribution >= 4 is 23.6 Å². The highest BCUT2D eigenvalue weighted by molar-refractivity contribution is 5.99. The van der Waals surface area contributed by atoms with Crippen LogP contribution in [0.3, 0.4) is 0 Å². The number of aryl methyl sites for hydroxylation is 2. The van der Waals surface area contributed by atoms with Gasteiger partial charge in [-0.3, -0.25) is 9.59 Å². The topological polar surface area (TPSA) is 121 Å². The highest BCUT2D eigenvalue weighted by Gasteiger charge is 2.36. The third-order valence-electron chi connectivity index (χ3n) is 5.36. The molecule has 36 heavy (non-hydrogen) atoms. The van der Waals surface area contributed by atoms with Crippen LogP contribution >= 0.6 is 0 Å². The Morgan fingerprint density at radius 3 is 2.14 bits per heavy atom. The molecule has 3 amide bonds. The van der Waals surface area contributed by atoms with Crippen molar-refractivity contribution in [2.45, 2.75) is 59.2 Å². The Hall–Kier alpha value is -4.06. The third kappa shape index (κ3) is 7.47. The monoisotopic (exact) mass is 494 g/mol. The van der Waals surface area contributed by atoms with Gasteiger partial charge in [0.2, 0.25) is 5.91 Å². The molecule has 2 aromatic carbocycles. The van der Waals surface area contributed by atoms with Crippen molar-refractivity contribution < 1.29 is 23.9 Å². The summed E-state index contributed by atoms with van der Waals surface area (Å²) in [7, 11) is 1.54. The van der Waals surface area contributed by atoms with Crippen LogP contribution in [0.25, 0.3) is 0 Å². The summed E-state index contributed by atoms with van der Waals surface area (Å²) in [6.07, 6.45) is -0.772. The molecule has 0 radical (unpaired) electrons. The molecule has 2 N–H and O–H groups in total. The number of benzene rings is 2. The zero-order valence-corrected chi connectivity index (χ0v) is 21.8. The summed E-state index contributed by atoms with van der Waals surface area (Å²) in [5.74, 6) is -0.465.